The summed E-state index contributed by atoms with van der Waals surface area (Å²) < 4.78 is 23.0. The zero-order valence-electron chi connectivity index (χ0n) is 21.4. The fourth-order valence-corrected chi connectivity index (χ4v) is 5.15. The molecule has 2 heterocycles. The lowest BCUT2D eigenvalue weighted by Gasteiger charge is -2.46. The van der Waals surface area contributed by atoms with Crippen LogP contribution in [0.3, 0.4) is 0 Å². The molecular weight excluding hydrogens is 528 g/mol. The van der Waals surface area contributed by atoms with Crippen LogP contribution in [0.5, 0.6) is 0 Å². The van der Waals surface area contributed by atoms with Crippen molar-refractivity contribution in [2.75, 3.05) is 20.3 Å². The molecule has 2 aliphatic heterocycles. The highest BCUT2D eigenvalue weighted by Crippen LogP contribution is 2.38. The van der Waals surface area contributed by atoms with Crippen LogP contribution in [0.25, 0.3) is 0 Å². The molecule has 0 amide bonds. The van der Waals surface area contributed by atoms with Gasteiger partial charge in [-0.25, -0.2) is 4.99 Å². The van der Waals surface area contributed by atoms with Crippen LogP contribution in [-0.4, -0.2) is 160 Å². The van der Waals surface area contributed by atoms with Gasteiger partial charge in [0.1, 0.15) is 48.8 Å². The first-order valence-electron chi connectivity index (χ1n) is 12.4. The van der Waals surface area contributed by atoms with E-state index in [1.54, 1.807) is 0 Å². The van der Waals surface area contributed by atoms with E-state index in [2.05, 4.69) is 15.6 Å². The fourth-order valence-electron chi connectivity index (χ4n) is 5.15. The van der Waals surface area contributed by atoms with Crippen molar-refractivity contribution in [3.05, 3.63) is 0 Å². The van der Waals surface area contributed by atoms with Gasteiger partial charge in [0.05, 0.1) is 30.9 Å². The highest BCUT2D eigenvalue weighted by molar-refractivity contribution is 5.76. The Labute approximate surface area is 223 Å². The van der Waals surface area contributed by atoms with Crippen LogP contribution in [0.15, 0.2) is 4.99 Å². The maximum Gasteiger partial charge on any atom is 0.188 e. The number of nitrogens with one attached hydrogen (secondary N) is 2. The smallest absolute Gasteiger partial charge is 0.188 e. The van der Waals surface area contributed by atoms with Crippen molar-refractivity contribution in [2.24, 2.45) is 22.2 Å². The average Bonchev–Trinajstić information content (AvgIpc) is 3.13. The number of ether oxygens (including phenoxy) is 4. The molecule has 18 heteroatoms. The third-order valence-corrected chi connectivity index (χ3v) is 7.43. The molecule has 18 nitrogen and oxygen atoms in total. The predicted molar refractivity (Wildman–Crippen MR) is 129 cm³/mol. The second kappa shape index (κ2) is 12.9. The summed E-state index contributed by atoms with van der Waals surface area (Å²) in [6.07, 6.45) is -16.6. The largest absolute Gasteiger partial charge is 0.394 e. The molecule has 15 N–H and O–H groups in total. The Morgan fingerprint density at radius 2 is 1.64 bits per heavy atom. The summed E-state index contributed by atoms with van der Waals surface area (Å²) in [4.78, 5) is 16.0. The molecule has 6 unspecified atom stereocenters. The van der Waals surface area contributed by atoms with Crippen LogP contribution in [0.4, 0.5) is 0 Å². The summed E-state index contributed by atoms with van der Waals surface area (Å²) in [7, 11) is 1.43. The van der Waals surface area contributed by atoms with Gasteiger partial charge in [0.25, 0.3) is 0 Å². The molecule has 15 atom stereocenters. The fraction of sp³-hybridized carbons (Fsp3) is 0.905. The van der Waals surface area contributed by atoms with E-state index < -0.39 is 104 Å². The monoisotopic (exact) mass is 568 g/mol. The van der Waals surface area contributed by atoms with Gasteiger partial charge in [0.15, 0.2) is 30.4 Å². The molecule has 1 saturated carbocycles. The highest BCUT2D eigenvalue weighted by atomic mass is 16.8. The normalized spacial score (nSPS) is 48.6. The van der Waals surface area contributed by atoms with Crippen molar-refractivity contribution in [1.29, 1.82) is 0 Å². The number of aliphatic hydroxyl groups excluding tert-OH is 6. The maximum atomic E-state index is 12.1. The molecule has 2 saturated heterocycles. The van der Waals surface area contributed by atoms with Gasteiger partial charge < -0.3 is 77.2 Å². The van der Waals surface area contributed by atoms with Gasteiger partial charge in [0, 0.05) is 6.67 Å². The number of likely N-dealkylation sites (N-methyl/N-ethyl adjacent to an activating group) is 1. The summed E-state index contributed by atoms with van der Waals surface area (Å²) in [5, 5.41) is 79.2. The van der Waals surface area contributed by atoms with E-state index in [0.717, 1.165) is 0 Å². The third kappa shape index (κ3) is 6.04. The van der Waals surface area contributed by atoms with Crippen molar-refractivity contribution in [2.45, 2.75) is 98.2 Å². The Morgan fingerprint density at radius 3 is 2.18 bits per heavy atom. The van der Waals surface area contributed by atoms with Crippen molar-refractivity contribution < 1.29 is 59.5 Å². The standard InChI is InChI=1S/C21H40N6O12/c1-6-21(35,4-29)17(39-18-10(25-2)14(33)11(30)7(3-28)37-18)19(36-6)38-16-9(27-20(23)24)12(31)8(26-5-22)13(32)15(16)34/h4,6-19,25-26,28,30-35H,3,5,22H2,1-2H3,(H4,23,24,27)/t6-,7-,8+,9-,10?,11?,12+,13-,14?,15+,16+,17?,18?,19?,21+/m0/s1. The number of aliphatic hydroxyl groups is 7. The van der Waals surface area contributed by atoms with Gasteiger partial charge in [-0.2, -0.15) is 0 Å². The Bertz CT molecular complexity index is 856. The second-order valence-corrected chi connectivity index (χ2v) is 9.78. The number of carbonyl (C=O) groups is 1. The number of aliphatic imine (C=N–C) groups is 1. The Kier molecular flexibility index (Phi) is 10.6. The van der Waals surface area contributed by atoms with E-state index in [-0.39, 0.29) is 13.0 Å². The zero-order valence-corrected chi connectivity index (χ0v) is 21.4. The number of nitrogens with two attached hydrogens (primary N) is 3. The maximum absolute atomic E-state index is 12.1. The minimum Gasteiger partial charge on any atom is -0.394 e. The molecule has 3 fully saturated rings. The third-order valence-electron chi connectivity index (χ3n) is 7.43. The summed E-state index contributed by atoms with van der Waals surface area (Å²) in [6.45, 7) is 0.489. The SMILES string of the molecule is CNC1C(OC2C(O[C@H]3[C@H](O)[C@@H](O)[C@H](NCN)[C@@H](O)[C@@H]3N=C(N)N)O[C@@H](C)[C@]2(O)C=O)O[C@@H](CO)C(O)C1O. The number of hydrogen-bond acceptors (Lipinski definition) is 16. The topological polar surface area (TPSA) is 310 Å². The summed E-state index contributed by atoms with van der Waals surface area (Å²) in [5.74, 6) is -0.476. The lowest BCUT2D eigenvalue weighted by molar-refractivity contribution is -0.314. The number of aldehydes is 1. The quantitative estimate of drug-likeness (QED) is 0.0503. The number of rotatable bonds is 10. The van der Waals surface area contributed by atoms with E-state index in [1.807, 2.05) is 0 Å². The lowest BCUT2D eigenvalue weighted by atomic mass is 9.81. The number of guanidine groups is 1. The number of carbonyl (C=O) groups excluding carboxylic acids is 1. The minimum atomic E-state index is -2.35. The summed E-state index contributed by atoms with van der Waals surface area (Å²) >= 11 is 0. The van der Waals surface area contributed by atoms with Crippen molar-refractivity contribution in [3.63, 3.8) is 0 Å². The second-order valence-electron chi connectivity index (χ2n) is 9.78. The van der Waals surface area contributed by atoms with Crippen LogP contribution in [0.2, 0.25) is 0 Å². The zero-order chi connectivity index (χ0) is 29.2. The Morgan fingerprint density at radius 1 is 1.00 bits per heavy atom. The van der Waals surface area contributed by atoms with E-state index in [9.17, 15) is 40.5 Å². The van der Waals surface area contributed by atoms with E-state index in [0.29, 0.717) is 0 Å². The molecule has 0 aromatic rings. The molecule has 3 rings (SSSR count). The van der Waals surface area contributed by atoms with Crippen LogP contribution in [0.1, 0.15) is 6.92 Å². The van der Waals surface area contributed by atoms with Crippen molar-refractivity contribution in [3.8, 4) is 0 Å². The van der Waals surface area contributed by atoms with Crippen LogP contribution < -0.4 is 27.8 Å². The van der Waals surface area contributed by atoms with Gasteiger partial charge in [-0.05, 0) is 14.0 Å². The Balaban J connectivity index is 1.94. The first-order chi connectivity index (χ1) is 18.4. The summed E-state index contributed by atoms with van der Waals surface area (Å²) in [5.41, 5.74) is 14.2. The van der Waals surface area contributed by atoms with Gasteiger partial charge in [-0.1, -0.05) is 0 Å². The van der Waals surface area contributed by atoms with Crippen LogP contribution in [-0.2, 0) is 23.7 Å². The molecule has 39 heavy (non-hydrogen) atoms. The van der Waals surface area contributed by atoms with E-state index in [4.69, 9.17) is 36.1 Å². The van der Waals surface area contributed by atoms with Crippen LogP contribution in [0, 0.1) is 0 Å². The molecule has 0 radical (unpaired) electrons. The molecule has 226 valence electrons. The molecule has 3 aliphatic rings. The van der Waals surface area contributed by atoms with Crippen LogP contribution >= 0.6 is 0 Å². The predicted octanol–water partition coefficient (Wildman–Crippen LogP) is -7.93. The van der Waals surface area contributed by atoms with E-state index in [1.165, 1.54) is 14.0 Å². The van der Waals surface area contributed by atoms with E-state index >= 15 is 0 Å². The lowest BCUT2D eigenvalue weighted by Crippen LogP contribution is -2.69. The highest BCUT2D eigenvalue weighted by Gasteiger charge is 2.60. The molecule has 0 aromatic carbocycles. The van der Waals surface area contributed by atoms with Gasteiger partial charge in [-0.3, -0.25) is 10.1 Å². The average molecular weight is 569 g/mol. The van der Waals surface area contributed by atoms with Crippen molar-refractivity contribution in [1.82, 2.24) is 10.6 Å². The van der Waals surface area contributed by atoms with Gasteiger partial charge >= 0.3 is 0 Å². The Hall–Kier alpha value is -1.62. The first-order valence-corrected chi connectivity index (χ1v) is 12.4. The minimum absolute atomic E-state index is 0.160. The first kappa shape index (κ1) is 31.9. The summed E-state index contributed by atoms with van der Waals surface area (Å²) in [6, 6.07) is -3.64. The molecule has 0 aromatic heterocycles. The molecule has 1 aliphatic carbocycles. The number of nitrogens with zero attached hydrogens (tertiary/aromatic N) is 1. The molecular formula is C21H40N6O12. The molecule has 0 bridgehead atoms. The number of hydrogen-bond donors (Lipinski definition) is 12. The van der Waals surface area contributed by atoms with Gasteiger partial charge in [-0.15, -0.1) is 0 Å². The molecule has 0 spiro atoms. The van der Waals surface area contributed by atoms with Crippen molar-refractivity contribution >= 4 is 12.2 Å². The van der Waals surface area contributed by atoms with Gasteiger partial charge in [0.2, 0.25) is 0 Å².